The highest BCUT2D eigenvalue weighted by atomic mass is 35.5. The average molecular weight is 604 g/mol. The first-order valence-corrected chi connectivity index (χ1v) is 14.9. The number of carbonyl (C=O) groups is 1. The molecule has 3 aliphatic carbocycles. The summed E-state index contributed by atoms with van der Waals surface area (Å²) in [7, 11) is -4.06. The van der Waals surface area contributed by atoms with Crippen molar-refractivity contribution in [1.29, 1.82) is 0 Å². The summed E-state index contributed by atoms with van der Waals surface area (Å²) in [5, 5.41) is 32.2. The maximum atomic E-state index is 13.7. The summed E-state index contributed by atoms with van der Waals surface area (Å²) >= 11 is 6.25. The van der Waals surface area contributed by atoms with Crippen LogP contribution in [-0.2, 0) is 14.6 Å². The number of sulfone groups is 1. The summed E-state index contributed by atoms with van der Waals surface area (Å²) in [6, 6.07) is 4.78. The van der Waals surface area contributed by atoms with Crippen LogP contribution in [0.3, 0.4) is 0 Å². The predicted molar refractivity (Wildman–Crippen MR) is 138 cm³/mol. The van der Waals surface area contributed by atoms with Crippen molar-refractivity contribution in [3.05, 3.63) is 58.4 Å². The molecule has 4 N–H and O–H groups in total. The topological polar surface area (TPSA) is 133 Å². The number of carbonyl (C=O) groups excluding carboxylic acids is 1. The Morgan fingerprint density at radius 3 is 2.15 bits per heavy atom. The molecule has 3 fully saturated rings. The maximum absolute atomic E-state index is 13.7. The minimum atomic E-state index is -4.06. The maximum Gasteiger partial charge on any atom is 0.255 e. The number of ether oxygens (including phenoxy) is 1. The van der Waals surface area contributed by atoms with E-state index in [9.17, 15) is 41.7 Å². The summed E-state index contributed by atoms with van der Waals surface area (Å²) in [5.74, 6) is -6.28. The lowest BCUT2D eigenvalue weighted by molar-refractivity contribution is -0.129. The number of benzene rings is 2. The van der Waals surface area contributed by atoms with Crippen LogP contribution in [0.4, 0.5) is 18.9 Å². The fourth-order valence-corrected chi connectivity index (χ4v) is 8.71. The largest absolute Gasteiger partial charge is 0.390 e. The van der Waals surface area contributed by atoms with Gasteiger partial charge in [-0.2, -0.15) is 0 Å². The molecule has 1 amide bonds. The third kappa shape index (κ3) is 5.37. The number of halogens is 4. The van der Waals surface area contributed by atoms with Crippen molar-refractivity contribution >= 4 is 33.0 Å². The number of anilines is 1. The molecule has 0 aliphatic heterocycles. The first kappa shape index (κ1) is 29.3. The van der Waals surface area contributed by atoms with Crippen LogP contribution in [0.15, 0.2) is 35.2 Å². The van der Waals surface area contributed by atoms with Crippen LogP contribution in [0.5, 0.6) is 0 Å². The lowest BCUT2D eigenvalue weighted by Gasteiger charge is -2.42. The van der Waals surface area contributed by atoms with Crippen LogP contribution in [-0.4, -0.2) is 65.4 Å². The number of fused-ring (bicyclic) bond motifs is 2. The second-order valence-electron chi connectivity index (χ2n) is 11.0. The van der Waals surface area contributed by atoms with Crippen molar-refractivity contribution in [3.63, 3.8) is 0 Å². The lowest BCUT2D eigenvalue weighted by Crippen LogP contribution is -2.51. The van der Waals surface area contributed by atoms with E-state index in [4.69, 9.17) is 16.3 Å². The van der Waals surface area contributed by atoms with Gasteiger partial charge in [-0.15, -0.1) is 0 Å². The molecule has 3 saturated carbocycles. The van der Waals surface area contributed by atoms with Crippen LogP contribution in [0.2, 0.25) is 5.02 Å². The number of hydrogen-bond acceptors (Lipinski definition) is 7. The Labute approximate surface area is 234 Å². The van der Waals surface area contributed by atoms with Gasteiger partial charge in [0.15, 0.2) is 27.3 Å². The van der Waals surface area contributed by atoms with Gasteiger partial charge in [0.1, 0.15) is 0 Å². The SMILES string of the molecule is O=C(Nc1cc(F)c(F)c(F)c1)c1ccc(Cl)c(S(=O)(=O)C2CC3CCC(C2)C3(O)COC2C[C@@H](O)[C@@H](O)C2)c1. The second kappa shape index (κ2) is 10.9. The highest BCUT2D eigenvalue weighted by Gasteiger charge is 2.56. The number of rotatable bonds is 7. The van der Waals surface area contributed by atoms with Crippen LogP contribution >= 0.6 is 11.6 Å². The van der Waals surface area contributed by atoms with Crippen molar-refractivity contribution in [2.24, 2.45) is 11.8 Å². The van der Waals surface area contributed by atoms with Gasteiger partial charge >= 0.3 is 0 Å². The number of aliphatic hydroxyl groups is 3. The zero-order chi connectivity index (χ0) is 29.0. The summed E-state index contributed by atoms with van der Waals surface area (Å²) in [4.78, 5) is 12.5. The number of hydrogen-bond donors (Lipinski definition) is 4. The molecular formula is C27H29ClF3NO7S. The monoisotopic (exact) mass is 603 g/mol. The van der Waals surface area contributed by atoms with Gasteiger partial charge in [-0.3, -0.25) is 4.79 Å². The van der Waals surface area contributed by atoms with Gasteiger partial charge in [-0.1, -0.05) is 11.6 Å². The van der Waals surface area contributed by atoms with Gasteiger partial charge in [0, 0.05) is 36.2 Å². The van der Waals surface area contributed by atoms with Crippen molar-refractivity contribution < 1.29 is 46.4 Å². The molecule has 3 aliphatic rings. The van der Waals surface area contributed by atoms with Gasteiger partial charge in [-0.05, 0) is 55.7 Å². The Bertz CT molecular complexity index is 1380. The molecule has 13 heteroatoms. The molecular weight excluding hydrogens is 575 g/mol. The van der Waals surface area contributed by atoms with E-state index in [2.05, 4.69) is 5.32 Å². The van der Waals surface area contributed by atoms with Crippen LogP contribution < -0.4 is 5.32 Å². The first-order valence-electron chi connectivity index (χ1n) is 13.0. The fourth-order valence-electron chi connectivity index (χ4n) is 6.31. The highest BCUT2D eigenvalue weighted by Crippen LogP contribution is 2.52. The standard InChI is InChI=1S/C27H29ClF3NO7S/c28-19-4-1-13(26(35)32-16-8-20(29)25(31)21(30)9-16)5-24(19)40(37,38)18-6-14-2-3-15(7-18)27(14,36)12-39-17-10-22(33)23(34)11-17/h1,4-5,8-9,14-15,17-18,22-23,33-34,36H,2-3,6-7,10-12H2,(H,32,35)/t14?,15?,17?,18?,22-,23+,27?. The number of amides is 1. The predicted octanol–water partition coefficient (Wildman–Crippen LogP) is 3.60. The molecule has 2 bridgehead atoms. The molecule has 0 radical (unpaired) electrons. The van der Waals surface area contributed by atoms with Crippen molar-refractivity contribution in [2.45, 2.75) is 72.6 Å². The highest BCUT2D eigenvalue weighted by molar-refractivity contribution is 7.92. The molecule has 0 aromatic heterocycles. The van der Waals surface area contributed by atoms with E-state index >= 15 is 0 Å². The van der Waals surface area contributed by atoms with Gasteiger partial charge in [0.25, 0.3) is 5.91 Å². The Morgan fingerprint density at radius 1 is 1.00 bits per heavy atom. The number of nitrogens with one attached hydrogen (secondary N) is 1. The first-order chi connectivity index (χ1) is 18.8. The van der Waals surface area contributed by atoms with E-state index < -0.39 is 62.4 Å². The second-order valence-corrected chi connectivity index (χ2v) is 13.6. The van der Waals surface area contributed by atoms with E-state index in [-0.39, 0.29) is 65.3 Å². The molecule has 218 valence electrons. The van der Waals surface area contributed by atoms with E-state index in [1.165, 1.54) is 12.1 Å². The Kier molecular flexibility index (Phi) is 7.97. The lowest BCUT2D eigenvalue weighted by atomic mass is 9.75. The molecule has 5 atom stereocenters. The van der Waals surface area contributed by atoms with Crippen LogP contribution in [0, 0.1) is 29.3 Å². The minimum Gasteiger partial charge on any atom is -0.390 e. The summed E-state index contributed by atoms with van der Waals surface area (Å²) in [5.41, 5.74) is -1.74. The Balaban J connectivity index is 1.31. The van der Waals surface area contributed by atoms with Crippen LogP contribution in [0.1, 0.15) is 48.9 Å². The third-order valence-corrected chi connectivity index (χ3v) is 11.2. The van der Waals surface area contributed by atoms with E-state index in [0.29, 0.717) is 25.0 Å². The van der Waals surface area contributed by atoms with E-state index in [0.717, 1.165) is 6.07 Å². The van der Waals surface area contributed by atoms with Gasteiger partial charge in [0.2, 0.25) is 0 Å². The average Bonchev–Trinajstić information content (AvgIpc) is 3.25. The Hall–Kier alpha value is -2.22. The quantitative estimate of drug-likeness (QED) is 0.356. The molecule has 8 nitrogen and oxygen atoms in total. The minimum absolute atomic E-state index is 0.0276. The van der Waals surface area contributed by atoms with Crippen LogP contribution in [0.25, 0.3) is 0 Å². The fraction of sp³-hybridized carbons (Fsp3) is 0.519. The van der Waals surface area contributed by atoms with Crippen molar-refractivity contribution in [3.8, 4) is 0 Å². The summed E-state index contributed by atoms with van der Waals surface area (Å²) in [6.45, 7) is -0.0276. The molecule has 0 heterocycles. The van der Waals surface area contributed by atoms with Gasteiger partial charge < -0.3 is 25.4 Å². The summed E-state index contributed by atoms with van der Waals surface area (Å²) in [6.07, 6.45) is -0.124. The molecule has 5 rings (SSSR count). The zero-order valence-electron chi connectivity index (χ0n) is 21.2. The van der Waals surface area contributed by atoms with E-state index in [1.54, 1.807) is 0 Å². The molecule has 3 unspecified atom stereocenters. The third-order valence-electron chi connectivity index (χ3n) is 8.56. The molecule has 40 heavy (non-hydrogen) atoms. The summed E-state index contributed by atoms with van der Waals surface area (Å²) < 4.78 is 73.6. The zero-order valence-corrected chi connectivity index (χ0v) is 22.8. The normalized spacial score (nSPS) is 31.9. The Morgan fingerprint density at radius 2 is 1.57 bits per heavy atom. The van der Waals surface area contributed by atoms with Crippen molar-refractivity contribution in [2.75, 3.05) is 11.9 Å². The molecule has 2 aromatic carbocycles. The molecule has 2 aromatic rings. The van der Waals surface area contributed by atoms with Gasteiger partial charge in [0.05, 0.1) is 45.7 Å². The van der Waals surface area contributed by atoms with Crippen molar-refractivity contribution in [1.82, 2.24) is 0 Å². The van der Waals surface area contributed by atoms with Gasteiger partial charge in [-0.25, -0.2) is 21.6 Å². The number of aliphatic hydroxyl groups excluding tert-OH is 2. The smallest absolute Gasteiger partial charge is 0.255 e. The van der Waals surface area contributed by atoms with E-state index in [1.807, 2.05) is 0 Å². The molecule has 0 saturated heterocycles. The molecule has 0 spiro atoms.